The lowest BCUT2D eigenvalue weighted by molar-refractivity contribution is 1.03. The van der Waals surface area contributed by atoms with Crippen molar-refractivity contribution in [1.82, 2.24) is 92.0 Å². The van der Waals surface area contributed by atoms with Gasteiger partial charge in [0.15, 0.2) is 34.9 Å². The van der Waals surface area contributed by atoms with E-state index in [1.807, 2.05) is 158 Å². The van der Waals surface area contributed by atoms with Crippen molar-refractivity contribution in [1.29, 1.82) is 0 Å². The Kier molecular flexibility index (Phi) is 22.7. The number of aromatic nitrogens is 19. The Morgan fingerprint density at radius 2 is 0.366 bits per heavy atom. The zero-order chi connectivity index (χ0) is 96.5. The van der Waals surface area contributed by atoms with E-state index in [0.717, 1.165) is 220 Å². The smallest absolute Gasteiger partial charge is 0.173 e. The molecule has 0 aliphatic heterocycles. The lowest BCUT2D eigenvalue weighted by Gasteiger charge is -2.21. The highest BCUT2D eigenvalue weighted by Gasteiger charge is 2.32. The second-order valence-electron chi connectivity index (χ2n) is 35.2. The first kappa shape index (κ1) is 86.5. The minimum absolute atomic E-state index is 0.689. The van der Waals surface area contributed by atoms with Gasteiger partial charge < -0.3 is 0 Å². The summed E-state index contributed by atoms with van der Waals surface area (Å²) in [6.45, 7) is 2.10. The molecular weight excluding hydrogens is 1780 g/mol. The van der Waals surface area contributed by atoms with Crippen molar-refractivity contribution in [3.8, 4) is 171 Å². The van der Waals surface area contributed by atoms with Gasteiger partial charge in [0.1, 0.15) is 29.1 Å². The van der Waals surface area contributed by atoms with Gasteiger partial charge in [-0.2, -0.15) is 0 Å². The first-order valence-electron chi connectivity index (χ1n) is 48.2. The molecule has 0 atom stereocenters. The van der Waals surface area contributed by atoms with E-state index in [0.29, 0.717) is 5.82 Å². The van der Waals surface area contributed by atoms with E-state index in [2.05, 4.69) is 395 Å². The van der Waals surface area contributed by atoms with Crippen molar-refractivity contribution in [3.63, 3.8) is 0 Å². The maximum atomic E-state index is 5.24. The Bertz CT molecular complexity index is 9220. The lowest BCUT2D eigenvalue weighted by atomic mass is 10.1. The highest BCUT2D eigenvalue weighted by Crippen LogP contribution is 2.46. The number of hydrogen-bond donors (Lipinski definition) is 0. The highest BCUT2D eigenvalue weighted by atomic mass is 15.3. The van der Waals surface area contributed by atoms with Crippen molar-refractivity contribution in [2.75, 3.05) is 0 Å². The van der Waals surface area contributed by atoms with Crippen molar-refractivity contribution in [3.05, 3.63) is 515 Å². The van der Waals surface area contributed by atoms with Crippen molar-refractivity contribution >= 4 is 55.2 Å². The average Bonchev–Trinajstić information content (AvgIpc) is 1.25. The Hall–Kier alpha value is -20.1. The summed E-state index contributed by atoms with van der Waals surface area (Å²) in [7, 11) is 0. The van der Waals surface area contributed by atoms with E-state index in [-0.39, 0.29) is 0 Å². The minimum Gasteiger partial charge on any atom is -0.292 e. The molecule has 19 aromatic carbocycles. The van der Waals surface area contributed by atoms with Crippen LogP contribution in [0, 0.1) is 6.92 Å². The summed E-state index contributed by atoms with van der Waals surface area (Å²) >= 11 is 0. The summed E-state index contributed by atoms with van der Waals surface area (Å²) in [6, 6.07) is 174. The molecule has 0 aliphatic rings. The molecule has 0 spiro atoms. The Morgan fingerprint density at radius 1 is 0.145 bits per heavy atom. The molecule has 145 heavy (non-hydrogen) atoms. The molecule has 0 aliphatic carbocycles. The molecule has 19 heteroatoms. The van der Waals surface area contributed by atoms with Gasteiger partial charge in [0.2, 0.25) is 0 Å². The maximum absolute atomic E-state index is 5.24. The number of fused-ring (bicyclic) bond motifs is 5. The Morgan fingerprint density at radius 3 is 0.710 bits per heavy atom. The minimum atomic E-state index is 0.689. The third-order valence-electron chi connectivity index (χ3n) is 26.2. The molecule has 8 aromatic heterocycles. The summed E-state index contributed by atoms with van der Waals surface area (Å²) in [6.07, 6.45) is 0. The predicted molar refractivity (Wildman–Crippen MR) is 582 cm³/mol. The van der Waals surface area contributed by atoms with Gasteiger partial charge in [-0.25, -0.2) is 24.9 Å². The zero-order valence-electron chi connectivity index (χ0n) is 78.5. The van der Waals surface area contributed by atoms with Crippen LogP contribution in [0.1, 0.15) is 5.56 Å². The third kappa shape index (κ3) is 16.1. The van der Waals surface area contributed by atoms with E-state index in [1.165, 1.54) is 5.56 Å². The molecule has 0 unspecified atom stereocenters. The first-order valence-corrected chi connectivity index (χ1v) is 48.2. The van der Waals surface area contributed by atoms with Crippen molar-refractivity contribution in [2.24, 2.45) is 0 Å². The second-order valence-corrected chi connectivity index (χ2v) is 35.2. The number of hydrogen-bond acceptors (Lipinski definition) is 11. The molecule has 0 amide bonds. The number of benzene rings is 19. The first-order chi connectivity index (χ1) is 71.9. The lowest BCUT2D eigenvalue weighted by Crippen LogP contribution is -2.09. The predicted octanol–water partition coefficient (Wildman–Crippen LogP) is 29.1. The maximum Gasteiger partial charge on any atom is 0.173 e. The monoisotopic (exact) mass is 1870 g/mol. The quantitative estimate of drug-likeness (QED) is 0.0751. The van der Waals surface area contributed by atoms with Gasteiger partial charge in [-0.15, -0.1) is 30.6 Å². The van der Waals surface area contributed by atoms with Gasteiger partial charge in [-0.05, 0) is 153 Å². The van der Waals surface area contributed by atoms with Gasteiger partial charge in [0.05, 0.1) is 83.5 Å². The molecule has 27 rings (SSSR count). The van der Waals surface area contributed by atoms with Crippen LogP contribution < -0.4 is 0 Å². The van der Waals surface area contributed by atoms with Crippen LogP contribution in [0.2, 0.25) is 0 Å². The summed E-state index contributed by atoms with van der Waals surface area (Å²) in [5.41, 5.74) is 29.3. The van der Waals surface area contributed by atoms with E-state index in [9.17, 15) is 0 Å². The van der Waals surface area contributed by atoms with Gasteiger partial charge in [-0.1, -0.05) is 370 Å². The summed E-state index contributed by atoms with van der Waals surface area (Å²) in [5, 5.41) is 29.4. The van der Waals surface area contributed by atoms with Crippen LogP contribution in [-0.4, -0.2) is 92.0 Å². The van der Waals surface area contributed by atoms with Gasteiger partial charge in [0.25, 0.3) is 0 Å². The molecule has 19 nitrogen and oxygen atoms in total. The molecule has 0 fully saturated rings. The Balaban J connectivity index is 0.000000115. The molecule has 8 heterocycles. The van der Waals surface area contributed by atoms with Crippen molar-refractivity contribution in [2.45, 2.75) is 6.92 Å². The van der Waals surface area contributed by atoms with Crippen LogP contribution in [0.15, 0.2) is 510 Å². The van der Waals surface area contributed by atoms with Crippen LogP contribution >= 0.6 is 0 Å². The highest BCUT2D eigenvalue weighted by molar-refractivity contribution is 5.95. The summed E-state index contributed by atoms with van der Waals surface area (Å²) < 4.78 is 17.7. The van der Waals surface area contributed by atoms with Crippen molar-refractivity contribution < 1.29 is 0 Å². The number of imidazole rings is 5. The van der Waals surface area contributed by atoms with Gasteiger partial charge in [0, 0.05) is 78.4 Å². The van der Waals surface area contributed by atoms with Gasteiger partial charge in [-0.3, -0.25) is 36.5 Å². The molecule has 686 valence electrons. The zero-order valence-corrected chi connectivity index (χ0v) is 78.5. The SMILES string of the molecule is Cc1ccc(-n2c(-c3ccccc3)nnc2-c2ccccc2-n2c(-c3ccccc3)nc3ccccc32)cc1.c1ccc(-c2nc3ccccc3n2-c2cccc(-c3nnc(-c4ccccc4-n4c(-c5ccccc5)nc5ccccc54)n3-c3ccccc3)c2)cc1.c1ccc(-c2nnc(-c3c(-n4c(-c5ccccc5)nc5ccccc54)cccc3-n3c(-c4ccccc4)nc4ccccc43)n2-c2ccccc2)cc1. The molecular formula is C126H87N19. The molecule has 27 aromatic rings. The molecule has 0 N–H and O–H groups in total. The van der Waals surface area contributed by atoms with Gasteiger partial charge >= 0.3 is 0 Å². The molecule has 0 saturated carbocycles. The second kappa shape index (κ2) is 38.0. The van der Waals surface area contributed by atoms with Crippen LogP contribution in [0.5, 0.6) is 0 Å². The van der Waals surface area contributed by atoms with E-state index >= 15 is 0 Å². The number of aryl methyl sites for hydroxylation is 1. The van der Waals surface area contributed by atoms with Crippen LogP contribution in [0.25, 0.3) is 226 Å². The average molecular weight is 1870 g/mol. The largest absolute Gasteiger partial charge is 0.292 e. The fourth-order valence-corrected chi connectivity index (χ4v) is 19.6. The van der Waals surface area contributed by atoms with Crippen LogP contribution in [0.3, 0.4) is 0 Å². The standard InChI is InChI=1S/2C46H31N7.C34H25N5/c1-5-18-32(19-6-1)43-47-36-26-13-15-28-38(36)52(43)40-30-17-31-41(53-39-29-16-14-27-37(39)48-44(53)33-20-7-2-8-21-33)42(40)46-50-49-45(34-22-9-3-10-23-34)51(46)35-24-11-4-12-25-35;1-4-17-32(18-5-1)43-47-38-26-11-14-29-41(38)51(43)36-24-16-21-34(31-36)45-49-50-46(52(45)35-22-8-3-9-23-35)37-25-10-13-28-40(37)53-42-30-15-12-27-39(42)48-44(53)33-19-6-2-7-20-33;1-24-20-22-27(23-21-24)38-33(26-14-6-3-7-15-26)36-37-34(38)28-16-8-10-18-30(28)39-31-19-11-9-17-29(31)35-32(39)25-12-4-2-5-13-25/h2*1-31H;2-23H,1H3. The number of para-hydroxylation sites is 14. The number of nitrogens with zero attached hydrogens (tertiary/aromatic N) is 19. The molecule has 0 saturated heterocycles. The molecule has 0 bridgehead atoms. The van der Waals surface area contributed by atoms with E-state index in [4.69, 9.17) is 55.5 Å². The van der Waals surface area contributed by atoms with Crippen LogP contribution in [0.4, 0.5) is 0 Å². The topological polar surface area (TPSA) is 181 Å². The summed E-state index contributed by atoms with van der Waals surface area (Å²) in [5.74, 6) is 8.73. The van der Waals surface area contributed by atoms with E-state index < -0.39 is 0 Å². The fourth-order valence-electron chi connectivity index (χ4n) is 19.6. The Labute approximate surface area is 834 Å². The normalized spacial score (nSPS) is 11.3. The third-order valence-corrected chi connectivity index (χ3v) is 26.2. The number of rotatable bonds is 19. The molecule has 0 radical (unpaired) electrons. The fraction of sp³-hybridized carbons (Fsp3) is 0.00794. The summed E-state index contributed by atoms with van der Waals surface area (Å²) in [4.78, 5) is 25.7. The van der Waals surface area contributed by atoms with E-state index in [1.54, 1.807) is 0 Å². The van der Waals surface area contributed by atoms with Crippen LogP contribution in [-0.2, 0) is 0 Å².